The molecule has 0 aliphatic rings. The largest absolute Gasteiger partial charge is 0.491 e. The first-order valence-electron chi connectivity index (χ1n) is 7.71. The number of benzene rings is 1. The normalized spacial score (nSPS) is 11.4. The molecule has 0 radical (unpaired) electrons. The third kappa shape index (κ3) is 8.02. The second kappa shape index (κ2) is 9.74. The van der Waals surface area contributed by atoms with Gasteiger partial charge in [-0.25, -0.2) is 4.39 Å². The van der Waals surface area contributed by atoms with Crippen LogP contribution in [0.5, 0.6) is 5.75 Å². The van der Waals surface area contributed by atoms with Crippen molar-refractivity contribution in [3.8, 4) is 5.75 Å². The van der Waals surface area contributed by atoms with E-state index in [1.54, 1.807) is 6.07 Å². The Morgan fingerprint density at radius 1 is 1.10 bits per heavy atom. The fourth-order valence-corrected chi connectivity index (χ4v) is 1.77. The van der Waals surface area contributed by atoms with Crippen molar-refractivity contribution in [1.82, 2.24) is 5.32 Å². The molecule has 0 saturated heterocycles. The second-order valence-electron chi connectivity index (χ2n) is 5.93. The maximum atomic E-state index is 13.3. The molecule has 1 aromatic carbocycles. The van der Waals surface area contributed by atoms with Crippen molar-refractivity contribution >= 4 is 0 Å². The third-order valence-electron chi connectivity index (χ3n) is 3.05. The molecule has 0 atom stereocenters. The van der Waals surface area contributed by atoms with E-state index in [4.69, 9.17) is 9.47 Å². The fourth-order valence-electron chi connectivity index (χ4n) is 1.77. The smallest absolute Gasteiger partial charge is 0.124 e. The van der Waals surface area contributed by atoms with Gasteiger partial charge in [0, 0.05) is 24.8 Å². The van der Waals surface area contributed by atoms with Crippen LogP contribution in [0.1, 0.15) is 39.7 Å². The van der Waals surface area contributed by atoms with Crippen LogP contribution in [0.3, 0.4) is 0 Å². The summed E-state index contributed by atoms with van der Waals surface area (Å²) in [6, 6.07) is 4.97. The minimum absolute atomic E-state index is 0.240. The summed E-state index contributed by atoms with van der Waals surface area (Å²) in [5.74, 6) is 1.13. The molecule has 21 heavy (non-hydrogen) atoms. The zero-order chi connectivity index (χ0) is 15.7. The molecular formula is C17H28FNO2. The molecule has 0 aliphatic heterocycles. The molecule has 3 nitrogen and oxygen atoms in total. The molecule has 0 heterocycles. The predicted octanol–water partition coefficient (Wildman–Crippen LogP) is 3.77. The molecule has 0 aromatic heterocycles. The molecular weight excluding hydrogens is 269 g/mol. The SMILES string of the molecule is CC(C)CCOCCOc1ccc(F)cc1CNC(C)C. The van der Waals surface area contributed by atoms with Crippen LogP contribution in [0.15, 0.2) is 18.2 Å². The van der Waals surface area contributed by atoms with E-state index in [-0.39, 0.29) is 5.82 Å². The van der Waals surface area contributed by atoms with E-state index in [1.807, 2.05) is 0 Å². The third-order valence-corrected chi connectivity index (χ3v) is 3.05. The molecule has 0 aliphatic carbocycles. The zero-order valence-corrected chi connectivity index (χ0v) is 13.6. The molecule has 1 aromatic rings. The van der Waals surface area contributed by atoms with Gasteiger partial charge in [0.25, 0.3) is 0 Å². The van der Waals surface area contributed by atoms with Crippen LogP contribution >= 0.6 is 0 Å². The van der Waals surface area contributed by atoms with E-state index < -0.39 is 0 Å². The van der Waals surface area contributed by atoms with Gasteiger partial charge in [-0.3, -0.25) is 0 Å². The van der Waals surface area contributed by atoms with Crippen LogP contribution in [0.2, 0.25) is 0 Å². The number of halogens is 1. The lowest BCUT2D eigenvalue weighted by Crippen LogP contribution is -2.22. The summed E-state index contributed by atoms with van der Waals surface area (Å²) in [6.07, 6.45) is 1.06. The van der Waals surface area contributed by atoms with Crippen molar-refractivity contribution in [3.05, 3.63) is 29.6 Å². The van der Waals surface area contributed by atoms with E-state index >= 15 is 0 Å². The molecule has 0 unspecified atom stereocenters. The van der Waals surface area contributed by atoms with Gasteiger partial charge in [0.05, 0.1) is 6.61 Å². The molecule has 0 amide bonds. The van der Waals surface area contributed by atoms with Gasteiger partial charge in [-0.05, 0) is 30.5 Å². The lowest BCUT2D eigenvalue weighted by molar-refractivity contribution is 0.0922. The zero-order valence-electron chi connectivity index (χ0n) is 13.6. The first-order valence-corrected chi connectivity index (χ1v) is 7.71. The molecule has 1 rings (SSSR count). The summed E-state index contributed by atoms with van der Waals surface area (Å²) in [6.45, 7) is 10.9. The van der Waals surface area contributed by atoms with Crippen molar-refractivity contribution in [2.45, 2.75) is 46.7 Å². The molecule has 4 heteroatoms. The fraction of sp³-hybridized carbons (Fsp3) is 0.647. The Balaban J connectivity index is 2.39. The van der Waals surface area contributed by atoms with Crippen LogP contribution in [-0.4, -0.2) is 25.9 Å². The monoisotopic (exact) mass is 297 g/mol. The summed E-state index contributed by atoms with van der Waals surface area (Å²) in [7, 11) is 0. The van der Waals surface area contributed by atoms with Crippen molar-refractivity contribution < 1.29 is 13.9 Å². The summed E-state index contributed by atoms with van der Waals surface area (Å²) in [5.41, 5.74) is 0.839. The van der Waals surface area contributed by atoms with Crippen LogP contribution in [0, 0.1) is 11.7 Å². The number of hydrogen-bond acceptors (Lipinski definition) is 3. The van der Waals surface area contributed by atoms with Gasteiger partial charge in [0.15, 0.2) is 0 Å². The lowest BCUT2D eigenvalue weighted by Gasteiger charge is -2.14. The van der Waals surface area contributed by atoms with Crippen molar-refractivity contribution in [3.63, 3.8) is 0 Å². The van der Waals surface area contributed by atoms with E-state index in [2.05, 4.69) is 33.0 Å². The highest BCUT2D eigenvalue weighted by Crippen LogP contribution is 2.19. The summed E-state index contributed by atoms with van der Waals surface area (Å²) < 4.78 is 24.5. The molecule has 0 fully saturated rings. The Kier molecular flexibility index (Phi) is 8.31. The summed E-state index contributed by atoms with van der Waals surface area (Å²) in [4.78, 5) is 0. The van der Waals surface area contributed by atoms with Crippen molar-refractivity contribution in [2.75, 3.05) is 19.8 Å². The maximum absolute atomic E-state index is 13.3. The average molecular weight is 297 g/mol. The van der Waals surface area contributed by atoms with E-state index in [1.165, 1.54) is 12.1 Å². The van der Waals surface area contributed by atoms with E-state index in [9.17, 15) is 4.39 Å². The van der Waals surface area contributed by atoms with Gasteiger partial charge >= 0.3 is 0 Å². The highest BCUT2D eigenvalue weighted by molar-refractivity contribution is 5.34. The van der Waals surface area contributed by atoms with Crippen LogP contribution in [0.4, 0.5) is 4.39 Å². The van der Waals surface area contributed by atoms with Crippen LogP contribution in [0.25, 0.3) is 0 Å². The topological polar surface area (TPSA) is 30.5 Å². The van der Waals surface area contributed by atoms with Crippen molar-refractivity contribution in [2.24, 2.45) is 5.92 Å². The van der Waals surface area contributed by atoms with Gasteiger partial charge in [-0.1, -0.05) is 27.7 Å². The standard InChI is InChI=1S/C17H28FNO2/c1-13(2)7-8-20-9-10-21-17-6-5-16(18)11-15(17)12-19-14(3)4/h5-6,11,13-14,19H,7-10,12H2,1-4H3. The first kappa shape index (κ1) is 17.9. The molecule has 1 N–H and O–H groups in total. The second-order valence-corrected chi connectivity index (χ2v) is 5.93. The average Bonchev–Trinajstić information content (AvgIpc) is 2.41. The predicted molar refractivity (Wildman–Crippen MR) is 84.1 cm³/mol. The highest BCUT2D eigenvalue weighted by Gasteiger charge is 2.06. The Hall–Kier alpha value is -1.13. The molecule has 0 saturated carbocycles. The van der Waals surface area contributed by atoms with Gasteiger partial charge in [-0.15, -0.1) is 0 Å². The Bertz CT molecular complexity index is 408. The minimum Gasteiger partial charge on any atom is -0.491 e. The van der Waals surface area contributed by atoms with Gasteiger partial charge in [0.2, 0.25) is 0 Å². The number of ether oxygens (including phenoxy) is 2. The summed E-state index contributed by atoms with van der Waals surface area (Å²) in [5, 5.41) is 3.27. The Morgan fingerprint density at radius 3 is 2.52 bits per heavy atom. The highest BCUT2D eigenvalue weighted by atomic mass is 19.1. The van der Waals surface area contributed by atoms with E-state index in [0.717, 1.165) is 24.3 Å². The minimum atomic E-state index is -0.240. The number of rotatable bonds is 10. The van der Waals surface area contributed by atoms with Gasteiger partial charge < -0.3 is 14.8 Å². The van der Waals surface area contributed by atoms with Gasteiger partial charge in [0.1, 0.15) is 18.2 Å². The Morgan fingerprint density at radius 2 is 1.86 bits per heavy atom. The lowest BCUT2D eigenvalue weighted by atomic mass is 10.1. The maximum Gasteiger partial charge on any atom is 0.124 e. The molecule has 120 valence electrons. The van der Waals surface area contributed by atoms with Crippen LogP contribution in [-0.2, 0) is 11.3 Å². The first-order chi connectivity index (χ1) is 9.99. The molecule has 0 spiro atoms. The van der Waals surface area contributed by atoms with Gasteiger partial charge in [-0.2, -0.15) is 0 Å². The Labute approximate surface area is 127 Å². The van der Waals surface area contributed by atoms with Crippen LogP contribution < -0.4 is 10.1 Å². The number of hydrogen-bond donors (Lipinski definition) is 1. The van der Waals surface area contributed by atoms with Crippen molar-refractivity contribution in [1.29, 1.82) is 0 Å². The number of nitrogens with one attached hydrogen (secondary N) is 1. The molecule has 0 bridgehead atoms. The summed E-state index contributed by atoms with van der Waals surface area (Å²) >= 11 is 0. The quantitative estimate of drug-likeness (QED) is 0.667. The van der Waals surface area contributed by atoms with E-state index in [0.29, 0.717) is 31.7 Å².